The molecule has 0 heterocycles. The van der Waals surface area contributed by atoms with E-state index in [-0.39, 0.29) is 23.7 Å². The maximum absolute atomic E-state index is 13.0. The molecular formula is C22H24N2O2. The van der Waals surface area contributed by atoms with E-state index >= 15 is 0 Å². The van der Waals surface area contributed by atoms with Gasteiger partial charge in [-0.15, -0.1) is 0 Å². The van der Waals surface area contributed by atoms with Gasteiger partial charge in [-0.3, -0.25) is 20.0 Å². The van der Waals surface area contributed by atoms with Gasteiger partial charge in [0.15, 0.2) is 0 Å². The lowest BCUT2D eigenvalue weighted by Crippen LogP contribution is -2.47. The van der Waals surface area contributed by atoms with E-state index in [1.54, 1.807) is 0 Å². The van der Waals surface area contributed by atoms with E-state index in [1.807, 2.05) is 65.7 Å². The van der Waals surface area contributed by atoms with Gasteiger partial charge in [0.05, 0.1) is 11.4 Å². The van der Waals surface area contributed by atoms with E-state index in [2.05, 4.69) is 5.43 Å². The number of fused-ring (bicyclic) bond motifs is 2. The average Bonchev–Trinajstić information content (AvgIpc) is 2.67. The zero-order valence-corrected chi connectivity index (χ0v) is 14.8. The predicted molar refractivity (Wildman–Crippen MR) is 102 cm³/mol. The van der Waals surface area contributed by atoms with Crippen molar-refractivity contribution in [1.82, 2.24) is 5.43 Å². The minimum atomic E-state index is -0.0853. The van der Waals surface area contributed by atoms with Crippen molar-refractivity contribution in [1.29, 1.82) is 0 Å². The second kappa shape index (κ2) is 7.32. The molecule has 2 aromatic rings. The summed E-state index contributed by atoms with van der Waals surface area (Å²) >= 11 is 0. The molecule has 4 nitrogen and oxygen atoms in total. The molecule has 4 rings (SSSR count). The lowest BCUT2D eigenvalue weighted by atomic mass is 9.67. The molecule has 4 heteroatoms. The molecule has 2 bridgehead atoms. The summed E-state index contributed by atoms with van der Waals surface area (Å²) in [5, 5.41) is 1.84. The van der Waals surface area contributed by atoms with Crippen LogP contribution in [0.5, 0.6) is 0 Å². The summed E-state index contributed by atoms with van der Waals surface area (Å²) in [6.45, 7) is 0. The number of para-hydroxylation sites is 2. The lowest BCUT2D eigenvalue weighted by Gasteiger charge is -2.38. The number of benzene rings is 2. The molecule has 2 aromatic carbocycles. The van der Waals surface area contributed by atoms with E-state index in [0.717, 1.165) is 30.6 Å². The zero-order valence-electron chi connectivity index (χ0n) is 14.8. The van der Waals surface area contributed by atoms with Crippen LogP contribution in [0.15, 0.2) is 60.7 Å². The molecule has 0 spiro atoms. The number of nitrogens with one attached hydrogen (secondary N) is 1. The van der Waals surface area contributed by atoms with Crippen molar-refractivity contribution < 1.29 is 9.59 Å². The average molecular weight is 348 g/mol. The Morgan fingerprint density at radius 1 is 0.846 bits per heavy atom. The third kappa shape index (κ3) is 3.36. The van der Waals surface area contributed by atoms with Crippen LogP contribution in [0.1, 0.15) is 32.1 Å². The number of nitrogens with zero attached hydrogens (tertiary/aromatic N) is 1. The topological polar surface area (TPSA) is 49.4 Å². The highest BCUT2D eigenvalue weighted by Crippen LogP contribution is 2.40. The van der Waals surface area contributed by atoms with Crippen LogP contribution < -0.4 is 10.4 Å². The fraction of sp³-hybridized carbons (Fsp3) is 0.364. The van der Waals surface area contributed by atoms with Crippen LogP contribution in [0.2, 0.25) is 0 Å². The molecular weight excluding hydrogens is 324 g/mol. The Hall–Kier alpha value is -2.62. The highest BCUT2D eigenvalue weighted by Gasteiger charge is 2.41. The first kappa shape index (κ1) is 16.8. The summed E-state index contributed by atoms with van der Waals surface area (Å²) in [7, 11) is 0. The summed E-state index contributed by atoms with van der Waals surface area (Å²) in [5.74, 6) is 0.489. The van der Waals surface area contributed by atoms with Crippen molar-refractivity contribution in [2.45, 2.75) is 32.1 Å². The van der Waals surface area contributed by atoms with Gasteiger partial charge in [0.25, 0.3) is 0 Å². The highest BCUT2D eigenvalue weighted by molar-refractivity contribution is 5.89. The van der Waals surface area contributed by atoms with Crippen molar-refractivity contribution in [2.75, 3.05) is 5.01 Å². The van der Waals surface area contributed by atoms with Gasteiger partial charge < -0.3 is 0 Å². The molecule has 2 unspecified atom stereocenters. The smallest absolute Gasteiger partial charge is 0.241 e. The van der Waals surface area contributed by atoms with Crippen molar-refractivity contribution >= 4 is 23.1 Å². The van der Waals surface area contributed by atoms with E-state index in [9.17, 15) is 9.59 Å². The van der Waals surface area contributed by atoms with Gasteiger partial charge in [-0.1, -0.05) is 42.8 Å². The van der Waals surface area contributed by atoms with Crippen LogP contribution >= 0.6 is 0 Å². The van der Waals surface area contributed by atoms with Crippen LogP contribution in [0.4, 0.5) is 11.4 Å². The maximum Gasteiger partial charge on any atom is 0.241 e. The monoisotopic (exact) mass is 348 g/mol. The Bertz CT molecular complexity index is 720. The van der Waals surface area contributed by atoms with E-state index in [4.69, 9.17) is 0 Å². The summed E-state index contributed by atoms with van der Waals surface area (Å²) in [4.78, 5) is 25.3. The van der Waals surface area contributed by atoms with Gasteiger partial charge in [0.2, 0.25) is 5.91 Å². The standard InChI is InChI=1S/C22H24N2O2/c25-21-16-8-7-9-17(21)15-18(14-16)22(26)23-24(19-10-3-1-4-11-19)20-12-5-2-6-13-20/h1-6,10-13,16-18H,7-9,14-15H2,(H,23,26). The Balaban J connectivity index is 1.54. The van der Waals surface area contributed by atoms with Crippen LogP contribution in [0.3, 0.4) is 0 Å². The van der Waals surface area contributed by atoms with Gasteiger partial charge in [0, 0.05) is 17.8 Å². The highest BCUT2D eigenvalue weighted by atomic mass is 16.2. The fourth-order valence-corrected chi connectivity index (χ4v) is 4.33. The van der Waals surface area contributed by atoms with Gasteiger partial charge in [0.1, 0.15) is 5.78 Å². The number of carbonyl (C=O) groups is 2. The Morgan fingerprint density at radius 3 is 1.85 bits per heavy atom. The molecule has 2 saturated carbocycles. The SMILES string of the molecule is O=C(NN(c1ccccc1)c1ccccc1)C1CC2CCCC(C1)C2=O. The first-order valence-electron chi connectivity index (χ1n) is 9.47. The Morgan fingerprint density at radius 2 is 1.35 bits per heavy atom. The molecule has 0 saturated heterocycles. The molecule has 0 radical (unpaired) electrons. The third-order valence-corrected chi connectivity index (χ3v) is 5.67. The van der Waals surface area contributed by atoms with Gasteiger partial charge >= 0.3 is 0 Å². The molecule has 2 atom stereocenters. The summed E-state index contributed by atoms with van der Waals surface area (Å²) in [5.41, 5.74) is 4.94. The number of carbonyl (C=O) groups excluding carboxylic acids is 2. The normalized spacial score (nSPS) is 24.8. The van der Waals surface area contributed by atoms with Crippen molar-refractivity contribution in [3.63, 3.8) is 0 Å². The molecule has 134 valence electrons. The molecule has 2 fully saturated rings. The number of amides is 1. The predicted octanol–water partition coefficient (Wildman–Crippen LogP) is 4.25. The molecule has 1 amide bonds. The molecule has 1 N–H and O–H groups in total. The lowest BCUT2D eigenvalue weighted by molar-refractivity contribution is -0.137. The minimum absolute atomic E-state index is 0.0158. The van der Waals surface area contributed by atoms with Gasteiger partial charge in [-0.05, 0) is 49.9 Å². The zero-order chi connectivity index (χ0) is 17.9. The van der Waals surface area contributed by atoms with Crippen LogP contribution in [-0.2, 0) is 9.59 Å². The minimum Gasteiger partial charge on any atom is -0.299 e. The van der Waals surface area contributed by atoms with E-state index < -0.39 is 0 Å². The number of rotatable bonds is 4. The van der Waals surface area contributed by atoms with Crippen LogP contribution in [-0.4, -0.2) is 11.7 Å². The number of Topliss-reactive ketones (excluding diaryl/α,β-unsaturated/α-hetero) is 1. The van der Waals surface area contributed by atoms with E-state index in [1.165, 1.54) is 0 Å². The van der Waals surface area contributed by atoms with Crippen LogP contribution in [0, 0.1) is 17.8 Å². The fourth-order valence-electron chi connectivity index (χ4n) is 4.33. The molecule has 2 aliphatic rings. The van der Waals surface area contributed by atoms with Crippen LogP contribution in [0.25, 0.3) is 0 Å². The number of hydrogen-bond donors (Lipinski definition) is 1. The first-order chi connectivity index (χ1) is 12.7. The van der Waals surface area contributed by atoms with E-state index in [0.29, 0.717) is 18.6 Å². The van der Waals surface area contributed by atoms with Crippen molar-refractivity contribution in [2.24, 2.45) is 17.8 Å². The summed E-state index contributed by atoms with van der Waals surface area (Å²) in [6, 6.07) is 19.7. The third-order valence-electron chi connectivity index (χ3n) is 5.67. The van der Waals surface area contributed by atoms with Gasteiger partial charge in [-0.2, -0.15) is 0 Å². The second-order valence-electron chi connectivity index (χ2n) is 7.38. The van der Waals surface area contributed by atoms with Gasteiger partial charge in [-0.25, -0.2) is 0 Å². The number of hydrazine groups is 1. The molecule has 2 aliphatic carbocycles. The molecule has 0 aliphatic heterocycles. The second-order valence-corrected chi connectivity index (χ2v) is 7.38. The quantitative estimate of drug-likeness (QED) is 0.840. The maximum atomic E-state index is 13.0. The number of ketones is 1. The summed E-state index contributed by atoms with van der Waals surface area (Å²) in [6.07, 6.45) is 4.40. The Kier molecular flexibility index (Phi) is 4.74. The van der Waals surface area contributed by atoms with Crippen molar-refractivity contribution in [3.05, 3.63) is 60.7 Å². The molecule has 26 heavy (non-hydrogen) atoms. The Labute approximate surface area is 154 Å². The number of hydrogen-bond acceptors (Lipinski definition) is 3. The number of anilines is 2. The van der Waals surface area contributed by atoms with Crippen molar-refractivity contribution in [3.8, 4) is 0 Å². The largest absolute Gasteiger partial charge is 0.299 e. The first-order valence-corrected chi connectivity index (χ1v) is 9.47. The molecule has 0 aromatic heterocycles. The summed E-state index contributed by atoms with van der Waals surface area (Å²) < 4.78 is 0.